The Kier molecular flexibility index (Phi) is 7.52. The van der Waals surface area contributed by atoms with E-state index in [2.05, 4.69) is 158 Å². The van der Waals surface area contributed by atoms with Crippen LogP contribution in [0.4, 0.5) is 0 Å². The summed E-state index contributed by atoms with van der Waals surface area (Å²) in [5, 5.41) is 11.5. The van der Waals surface area contributed by atoms with Crippen LogP contribution in [0, 0.1) is 11.3 Å². The fraction of sp³-hybridized carbons (Fsp3) is 0.0600. The normalized spacial score (nSPS) is 15.5. The molecular weight excluding hydrogens is 659 g/mol. The Morgan fingerprint density at radius 2 is 1.17 bits per heavy atom. The average molecular weight is 692 g/mol. The molecule has 2 aromatic heterocycles. The molecule has 4 heteroatoms. The highest BCUT2D eigenvalue weighted by molar-refractivity contribution is 6.04. The fourth-order valence-electron chi connectivity index (χ4n) is 8.38. The molecule has 254 valence electrons. The number of pyridine rings is 2. The first-order valence-electron chi connectivity index (χ1n) is 18.3. The van der Waals surface area contributed by atoms with Crippen LogP contribution in [0.5, 0.6) is 5.75 Å². The van der Waals surface area contributed by atoms with Gasteiger partial charge >= 0.3 is 0 Å². The van der Waals surface area contributed by atoms with Gasteiger partial charge in [-0.1, -0.05) is 140 Å². The summed E-state index contributed by atoms with van der Waals surface area (Å²) >= 11 is 0. The van der Waals surface area contributed by atoms with Gasteiger partial charge in [0.2, 0.25) is 0 Å². The van der Waals surface area contributed by atoms with E-state index >= 15 is 0 Å². The Bertz CT molecular complexity index is 2810. The van der Waals surface area contributed by atoms with Crippen LogP contribution < -0.4 is 4.74 Å². The van der Waals surface area contributed by atoms with Gasteiger partial charge in [0.25, 0.3) is 0 Å². The highest BCUT2D eigenvalue weighted by atomic mass is 16.5. The van der Waals surface area contributed by atoms with Crippen molar-refractivity contribution in [3.8, 4) is 45.5 Å². The van der Waals surface area contributed by atoms with Gasteiger partial charge in [-0.3, -0.25) is 0 Å². The van der Waals surface area contributed by atoms with Crippen molar-refractivity contribution in [1.82, 2.24) is 9.97 Å². The highest BCUT2D eigenvalue weighted by Gasteiger charge is 2.48. The van der Waals surface area contributed by atoms with Crippen LogP contribution in [0.2, 0.25) is 0 Å². The minimum absolute atomic E-state index is 0.0552. The Labute approximate surface area is 314 Å². The van der Waals surface area contributed by atoms with E-state index in [9.17, 15) is 5.26 Å². The van der Waals surface area contributed by atoms with Crippen molar-refractivity contribution in [1.29, 1.82) is 5.26 Å². The van der Waals surface area contributed by atoms with E-state index in [1.165, 1.54) is 16.7 Å². The van der Waals surface area contributed by atoms with Crippen molar-refractivity contribution in [3.05, 3.63) is 210 Å². The van der Waals surface area contributed by atoms with Crippen LogP contribution in [0.25, 0.3) is 55.4 Å². The second-order valence-corrected chi connectivity index (χ2v) is 14.0. The van der Waals surface area contributed by atoms with Crippen molar-refractivity contribution in [2.75, 3.05) is 0 Å². The van der Waals surface area contributed by atoms with Crippen LogP contribution in [0.1, 0.15) is 28.7 Å². The molecule has 0 N–H and O–H groups in total. The monoisotopic (exact) mass is 691 g/mol. The summed E-state index contributed by atoms with van der Waals surface area (Å²) in [5.74, 6) is 0.911. The van der Waals surface area contributed by atoms with Gasteiger partial charge < -0.3 is 4.74 Å². The molecule has 1 unspecified atom stereocenters. The first kappa shape index (κ1) is 31.6. The SMILES string of the molecule is N#Cc1cccc(-c2ccc3ccc4ccc(-c5cccc(-c6ccc7c(c6)C(c6ccccc6)(c6ccccc6)C6=CC=CCC6O7)c5)nc4c3n2)c1. The summed E-state index contributed by atoms with van der Waals surface area (Å²) in [6, 6.07) is 59.4. The second-order valence-electron chi connectivity index (χ2n) is 14.0. The van der Waals surface area contributed by atoms with Gasteiger partial charge in [0.15, 0.2) is 0 Å². The third-order valence-corrected chi connectivity index (χ3v) is 10.9. The standard InChI is InChI=1S/C50H33N3O/c51-32-33-11-9-13-38(29-33)44-26-23-34-21-22-35-24-27-45(53-49(35)48(34)52-44)39-14-10-12-36(30-39)37-25-28-47-43(31-37)50(40-15-3-1-4-16-40,41-17-5-2-6-18-41)42-19-7-8-20-46(42)54-47/h1-19,21-31,46H,20H2. The average Bonchev–Trinajstić information content (AvgIpc) is 3.25. The maximum atomic E-state index is 9.47. The predicted molar refractivity (Wildman–Crippen MR) is 217 cm³/mol. The number of fused-ring (bicyclic) bond motifs is 5. The molecule has 8 aromatic rings. The Morgan fingerprint density at radius 1 is 0.574 bits per heavy atom. The maximum Gasteiger partial charge on any atom is 0.125 e. The zero-order chi connectivity index (χ0) is 36.1. The molecule has 0 saturated carbocycles. The summed E-state index contributed by atoms with van der Waals surface area (Å²) in [6.07, 6.45) is 7.42. The van der Waals surface area contributed by atoms with E-state index < -0.39 is 5.41 Å². The number of nitriles is 1. The molecule has 1 aliphatic carbocycles. The molecule has 6 aromatic carbocycles. The van der Waals surface area contributed by atoms with Gasteiger partial charge in [0.1, 0.15) is 11.9 Å². The van der Waals surface area contributed by atoms with E-state index in [0.29, 0.717) is 5.56 Å². The van der Waals surface area contributed by atoms with Crippen LogP contribution in [-0.2, 0) is 5.41 Å². The number of ether oxygens (including phenoxy) is 1. The summed E-state index contributed by atoms with van der Waals surface area (Å²) in [4.78, 5) is 10.3. The van der Waals surface area contributed by atoms with Gasteiger partial charge in [-0.2, -0.15) is 5.26 Å². The van der Waals surface area contributed by atoms with Crippen molar-refractivity contribution >= 4 is 21.8 Å². The molecule has 4 nitrogen and oxygen atoms in total. The molecule has 2 aliphatic rings. The second kappa shape index (κ2) is 12.8. The summed E-state index contributed by atoms with van der Waals surface area (Å²) < 4.78 is 6.79. The largest absolute Gasteiger partial charge is 0.485 e. The smallest absolute Gasteiger partial charge is 0.125 e. The molecule has 1 aliphatic heterocycles. The van der Waals surface area contributed by atoms with E-state index in [4.69, 9.17) is 14.7 Å². The molecule has 0 amide bonds. The molecule has 0 bridgehead atoms. The lowest BCUT2D eigenvalue weighted by molar-refractivity contribution is 0.204. The van der Waals surface area contributed by atoms with Gasteiger partial charge in [0.05, 0.1) is 39.5 Å². The number of rotatable bonds is 5. The molecule has 0 radical (unpaired) electrons. The molecule has 0 spiro atoms. The quantitative estimate of drug-likeness (QED) is 0.169. The summed E-state index contributed by atoms with van der Waals surface area (Å²) in [7, 11) is 0. The zero-order valence-corrected chi connectivity index (χ0v) is 29.4. The third-order valence-electron chi connectivity index (χ3n) is 10.9. The van der Waals surface area contributed by atoms with Crippen LogP contribution >= 0.6 is 0 Å². The van der Waals surface area contributed by atoms with E-state index in [-0.39, 0.29) is 6.10 Å². The number of nitrogens with zero attached hydrogens (tertiary/aromatic N) is 3. The molecule has 0 fully saturated rings. The van der Waals surface area contributed by atoms with E-state index in [1.54, 1.807) is 0 Å². The van der Waals surface area contributed by atoms with Crippen LogP contribution in [0.3, 0.4) is 0 Å². The van der Waals surface area contributed by atoms with Gasteiger partial charge in [-0.15, -0.1) is 0 Å². The third kappa shape index (κ3) is 5.13. The van der Waals surface area contributed by atoms with E-state index in [1.807, 2.05) is 30.3 Å². The zero-order valence-electron chi connectivity index (χ0n) is 29.4. The lowest BCUT2D eigenvalue weighted by atomic mass is 9.61. The van der Waals surface area contributed by atoms with Gasteiger partial charge in [0, 0.05) is 33.9 Å². The minimum Gasteiger partial charge on any atom is -0.485 e. The lowest BCUT2D eigenvalue weighted by Gasteiger charge is -2.46. The first-order chi connectivity index (χ1) is 26.7. The first-order valence-corrected chi connectivity index (χ1v) is 18.3. The minimum atomic E-state index is -0.526. The lowest BCUT2D eigenvalue weighted by Crippen LogP contribution is -2.43. The maximum absolute atomic E-state index is 9.47. The topological polar surface area (TPSA) is 58.8 Å². The number of hydrogen-bond acceptors (Lipinski definition) is 4. The van der Waals surface area contributed by atoms with Gasteiger partial charge in [-0.25, -0.2) is 9.97 Å². The number of aromatic nitrogens is 2. The molecule has 10 rings (SSSR count). The molecule has 1 atom stereocenters. The van der Waals surface area contributed by atoms with Crippen LogP contribution in [-0.4, -0.2) is 16.1 Å². The van der Waals surface area contributed by atoms with Crippen molar-refractivity contribution in [3.63, 3.8) is 0 Å². The number of benzene rings is 6. The molecule has 0 saturated heterocycles. The Balaban J connectivity index is 1.11. The number of hydrogen-bond donors (Lipinski definition) is 0. The molecular formula is C50H33N3O. The predicted octanol–water partition coefficient (Wildman–Crippen LogP) is 11.6. The summed E-state index contributed by atoms with van der Waals surface area (Å²) in [5.41, 5.74) is 12.4. The van der Waals surface area contributed by atoms with E-state index in [0.717, 1.165) is 73.2 Å². The Morgan fingerprint density at radius 3 is 1.83 bits per heavy atom. The van der Waals surface area contributed by atoms with Crippen molar-refractivity contribution < 1.29 is 4.74 Å². The van der Waals surface area contributed by atoms with Gasteiger partial charge in [-0.05, 0) is 70.3 Å². The number of allylic oxidation sites excluding steroid dienone is 2. The summed E-state index contributed by atoms with van der Waals surface area (Å²) in [6.45, 7) is 0. The fourth-order valence-corrected chi connectivity index (χ4v) is 8.38. The highest BCUT2D eigenvalue weighted by Crippen LogP contribution is 2.55. The van der Waals surface area contributed by atoms with Crippen LogP contribution in [0.15, 0.2) is 188 Å². The Hall–Kier alpha value is -7.09. The van der Waals surface area contributed by atoms with Crippen molar-refractivity contribution in [2.24, 2.45) is 0 Å². The molecule has 54 heavy (non-hydrogen) atoms. The van der Waals surface area contributed by atoms with Crippen molar-refractivity contribution in [2.45, 2.75) is 17.9 Å². The molecule has 3 heterocycles.